The van der Waals surface area contributed by atoms with E-state index < -0.39 is 0 Å². The topological polar surface area (TPSA) is 73.0 Å². The monoisotopic (exact) mass is 252 g/mol. The average Bonchev–Trinajstić information content (AvgIpc) is 2.84. The Morgan fingerprint density at radius 2 is 2.28 bits per heavy atom. The molecule has 1 saturated carbocycles. The SMILES string of the molecule is CCn1nc(C)c([N+](=O)[O-])c1NC1CCCC1C. The van der Waals surface area contributed by atoms with Crippen molar-refractivity contribution in [2.75, 3.05) is 5.32 Å². The smallest absolute Gasteiger partial charge is 0.333 e. The van der Waals surface area contributed by atoms with Crippen LogP contribution in [0.3, 0.4) is 0 Å². The Morgan fingerprint density at radius 3 is 2.78 bits per heavy atom. The number of nitrogens with zero attached hydrogens (tertiary/aromatic N) is 3. The van der Waals surface area contributed by atoms with E-state index in [0.29, 0.717) is 30.0 Å². The molecular formula is C12H20N4O2. The molecule has 1 aromatic rings. The summed E-state index contributed by atoms with van der Waals surface area (Å²) in [7, 11) is 0. The van der Waals surface area contributed by atoms with Crippen molar-refractivity contribution in [3.8, 4) is 0 Å². The van der Waals surface area contributed by atoms with Crippen molar-refractivity contribution < 1.29 is 4.92 Å². The fourth-order valence-electron chi connectivity index (χ4n) is 2.70. The lowest BCUT2D eigenvalue weighted by Gasteiger charge is -2.18. The number of hydrogen-bond acceptors (Lipinski definition) is 4. The number of rotatable bonds is 4. The van der Waals surface area contributed by atoms with Crippen LogP contribution in [-0.2, 0) is 6.54 Å². The number of nitrogens with one attached hydrogen (secondary N) is 1. The van der Waals surface area contributed by atoms with Gasteiger partial charge in [-0.3, -0.25) is 10.1 Å². The van der Waals surface area contributed by atoms with E-state index in [1.54, 1.807) is 11.6 Å². The molecule has 2 unspecified atom stereocenters. The zero-order chi connectivity index (χ0) is 13.3. The maximum absolute atomic E-state index is 11.1. The standard InChI is InChI=1S/C12H20N4O2/c1-4-15-12(11(16(17)18)9(3)14-15)13-10-7-5-6-8(10)2/h8,10,13H,4-7H2,1-3H3. The van der Waals surface area contributed by atoms with E-state index in [2.05, 4.69) is 17.3 Å². The molecule has 0 aromatic carbocycles. The Kier molecular flexibility index (Phi) is 3.54. The first kappa shape index (κ1) is 12.9. The average molecular weight is 252 g/mol. The molecule has 6 heteroatoms. The van der Waals surface area contributed by atoms with Gasteiger partial charge in [0.25, 0.3) is 0 Å². The van der Waals surface area contributed by atoms with Gasteiger partial charge in [-0.25, -0.2) is 4.68 Å². The molecule has 1 aliphatic rings. The fraction of sp³-hybridized carbons (Fsp3) is 0.750. The highest BCUT2D eigenvalue weighted by molar-refractivity contribution is 5.60. The van der Waals surface area contributed by atoms with Crippen LogP contribution in [0.15, 0.2) is 0 Å². The second-order valence-electron chi connectivity index (χ2n) is 5.01. The van der Waals surface area contributed by atoms with Crippen LogP contribution < -0.4 is 5.32 Å². The van der Waals surface area contributed by atoms with Crippen molar-refractivity contribution in [3.05, 3.63) is 15.8 Å². The highest BCUT2D eigenvalue weighted by atomic mass is 16.6. The Labute approximate surface area is 107 Å². The largest absolute Gasteiger partial charge is 0.362 e. The molecule has 2 rings (SSSR count). The maximum atomic E-state index is 11.1. The van der Waals surface area contributed by atoms with Gasteiger partial charge in [0.05, 0.1) is 4.92 Å². The zero-order valence-corrected chi connectivity index (χ0v) is 11.1. The third kappa shape index (κ3) is 2.19. The van der Waals surface area contributed by atoms with Gasteiger partial charge in [-0.05, 0) is 32.6 Å². The molecule has 18 heavy (non-hydrogen) atoms. The minimum Gasteiger partial charge on any atom is -0.362 e. The molecule has 0 radical (unpaired) electrons. The lowest BCUT2D eigenvalue weighted by Crippen LogP contribution is -2.24. The van der Waals surface area contributed by atoms with E-state index in [0.717, 1.165) is 6.42 Å². The molecule has 0 spiro atoms. The Hall–Kier alpha value is -1.59. The normalized spacial score (nSPS) is 23.3. The van der Waals surface area contributed by atoms with Gasteiger partial charge < -0.3 is 5.32 Å². The Balaban J connectivity index is 2.32. The molecule has 1 N–H and O–H groups in total. The first-order valence-electron chi connectivity index (χ1n) is 6.53. The molecule has 1 heterocycles. The molecule has 0 aliphatic heterocycles. The van der Waals surface area contributed by atoms with Crippen LogP contribution >= 0.6 is 0 Å². The van der Waals surface area contributed by atoms with Gasteiger partial charge in [-0.1, -0.05) is 13.3 Å². The van der Waals surface area contributed by atoms with Crippen LogP contribution in [0, 0.1) is 23.0 Å². The first-order chi connectivity index (χ1) is 8.54. The summed E-state index contributed by atoms with van der Waals surface area (Å²) in [5, 5.41) is 18.7. The van der Waals surface area contributed by atoms with Crippen LogP contribution in [0.4, 0.5) is 11.5 Å². The molecule has 100 valence electrons. The number of hydrogen-bond donors (Lipinski definition) is 1. The second kappa shape index (κ2) is 4.96. The highest BCUT2D eigenvalue weighted by Gasteiger charge is 2.30. The van der Waals surface area contributed by atoms with Gasteiger partial charge in [-0.15, -0.1) is 0 Å². The molecule has 1 fully saturated rings. The first-order valence-corrected chi connectivity index (χ1v) is 6.53. The van der Waals surface area contributed by atoms with Crippen molar-refractivity contribution in [1.29, 1.82) is 0 Å². The van der Waals surface area contributed by atoms with Gasteiger partial charge in [-0.2, -0.15) is 5.10 Å². The molecule has 0 bridgehead atoms. The number of aromatic nitrogens is 2. The van der Waals surface area contributed by atoms with Crippen molar-refractivity contribution >= 4 is 11.5 Å². The second-order valence-corrected chi connectivity index (χ2v) is 5.01. The van der Waals surface area contributed by atoms with E-state index >= 15 is 0 Å². The summed E-state index contributed by atoms with van der Waals surface area (Å²) in [6.45, 7) is 6.46. The van der Waals surface area contributed by atoms with E-state index in [1.165, 1.54) is 12.8 Å². The summed E-state index contributed by atoms with van der Waals surface area (Å²) < 4.78 is 1.69. The van der Waals surface area contributed by atoms with Crippen molar-refractivity contribution in [2.45, 2.75) is 52.6 Å². The lowest BCUT2D eigenvalue weighted by atomic mass is 10.1. The predicted octanol–water partition coefficient (Wildman–Crippen LogP) is 2.72. The maximum Gasteiger partial charge on any atom is 0.333 e. The van der Waals surface area contributed by atoms with Crippen molar-refractivity contribution in [3.63, 3.8) is 0 Å². The number of aryl methyl sites for hydroxylation is 2. The third-order valence-corrected chi connectivity index (χ3v) is 3.76. The van der Waals surface area contributed by atoms with Crippen LogP contribution in [0.5, 0.6) is 0 Å². The summed E-state index contributed by atoms with van der Waals surface area (Å²) in [4.78, 5) is 10.8. The van der Waals surface area contributed by atoms with E-state index in [4.69, 9.17) is 0 Å². The van der Waals surface area contributed by atoms with Gasteiger partial charge in [0.1, 0.15) is 5.69 Å². The van der Waals surface area contributed by atoms with E-state index in [1.807, 2.05) is 6.92 Å². The van der Waals surface area contributed by atoms with Crippen molar-refractivity contribution in [1.82, 2.24) is 9.78 Å². The summed E-state index contributed by atoms with van der Waals surface area (Å²) in [6, 6.07) is 0.324. The molecule has 1 aromatic heterocycles. The van der Waals surface area contributed by atoms with Gasteiger partial charge in [0, 0.05) is 12.6 Å². The van der Waals surface area contributed by atoms with Gasteiger partial charge in [0.15, 0.2) is 0 Å². The fourth-order valence-corrected chi connectivity index (χ4v) is 2.70. The number of anilines is 1. The Morgan fingerprint density at radius 1 is 1.56 bits per heavy atom. The minimum atomic E-state index is -0.337. The minimum absolute atomic E-state index is 0.121. The Bertz CT molecular complexity index is 455. The highest BCUT2D eigenvalue weighted by Crippen LogP contribution is 2.33. The summed E-state index contributed by atoms with van der Waals surface area (Å²) in [6.07, 6.45) is 3.45. The van der Waals surface area contributed by atoms with Gasteiger partial charge in [0.2, 0.25) is 5.82 Å². The summed E-state index contributed by atoms with van der Waals surface area (Å²) >= 11 is 0. The predicted molar refractivity (Wildman–Crippen MR) is 69.7 cm³/mol. The van der Waals surface area contributed by atoms with E-state index in [-0.39, 0.29) is 10.6 Å². The quantitative estimate of drug-likeness (QED) is 0.660. The molecule has 2 atom stereocenters. The van der Waals surface area contributed by atoms with Crippen LogP contribution in [0.2, 0.25) is 0 Å². The molecule has 0 amide bonds. The van der Waals surface area contributed by atoms with Gasteiger partial charge >= 0.3 is 5.69 Å². The zero-order valence-electron chi connectivity index (χ0n) is 11.1. The summed E-state index contributed by atoms with van der Waals surface area (Å²) in [5.74, 6) is 1.13. The lowest BCUT2D eigenvalue weighted by molar-refractivity contribution is -0.384. The third-order valence-electron chi connectivity index (χ3n) is 3.76. The molecule has 6 nitrogen and oxygen atoms in total. The van der Waals surface area contributed by atoms with Crippen molar-refractivity contribution in [2.24, 2.45) is 5.92 Å². The number of nitro groups is 1. The molecular weight excluding hydrogens is 232 g/mol. The summed E-state index contributed by atoms with van der Waals surface area (Å²) in [5.41, 5.74) is 0.603. The molecule has 0 saturated heterocycles. The molecule has 1 aliphatic carbocycles. The van der Waals surface area contributed by atoms with Crippen LogP contribution in [-0.4, -0.2) is 20.7 Å². The van der Waals surface area contributed by atoms with Crippen LogP contribution in [0.1, 0.15) is 38.8 Å². The van der Waals surface area contributed by atoms with Crippen LogP contribution in [0.25, 0.3) is 0 Å². The van der Waals surface area contributed by atoms with E-state index in [9.17, 15) is 10.1 Å².